The zero-order valence-electron chi connectivity index (χ0n) is 14.0. The van der Waals surface area contributed by atoms with Gasteiger partial charge in [-0.05, 0) is 19.3 Å². The molecule has 2 heterocycles. The Kier molecular flexibility index (Phi) is 5.60. The van der Waals surface area contributed by atoms with E-state index < -0.39 is 0 Å². The standard InChI is InChI=1S/C17H23N3O3S/c1-2-3-9-15(22)23-11-13-10-14(21)20-17(18-13)24-16(19-20)12-7-5-4-6-8-12/h10,12H,2-9,11H2,1H3. The summed E-state index contributed by atoms with van der Waals surface area (Å²) in [5, 5.41) is 5.46. The number of hydrogen-bond acceptors (Lipinski definition) is 6. The van der Waals surface area contributed by atoms with Crippen molar-refractivity contribution in [2.45, 2.75) is 70.8 Å². The van der Waals surface area contributed by atoms with Gasteiger partial charge in [0.1, 0.15) is 11.6 Å². The summed E-state index contributed by atoms with van der Waals surface area (Å²) in [5.41, 5.74) is 0.279. The van der Waals surface area contributed by atoms with Crippen molar-refractivity contribution in [3.63, 3.8) is 0 Å². The number of carbonyl (C=O) groups excluding carboxylic acids is 1. The Hall–Kier alpha value is -1.76. The van der Waals surface area contributed by atoms with Crippen LogP contribution in [0.25, 0.3) is 4.96 Å². The maximum absolute atomic E-state index is 12.2. The molecule has 0 atom stereocenters. The highest BCUT2D eigenvalue weighted by Crippen LogP contribution is 2.34. The van der Waals surface area contributed by atoms with Gasteiger partial charge in [-0.1, -0.05) is 43.9 Å². The topological polar surface area (TPSA) is 73.6 Å². The number of unbranched alkanes of at least 4 members (excludes halogenated alkanes) is 1. The van der Waals surface area contributed by atoms with E-state index in [2.05, 4.69) is 10.1 Å². The van der Waals surface area contributed by atoms with Gasteiger partial charge in [0.2, 0.25) is 4.96 Å². The fourth-order valence-electron chi connectivity index (χ4n) is 3.01. The second-order valence-electron chi connectivity index (χ2n) is 6.32. The maximum Gasteiger partial charge on any atom is 0.306 e. The summed E-state index contributed by atoms with van der Waals surface area (Å²) in [6, 6.07) is 1.41. The Morgan fingerprint density at radius 3 is 2.92 bits per heavy atom. The van der Waals surface area contributed by atoms with Gasteiger partial charge in [-0.15, -0.1) is 0 Å². The average Bonchev–Trinajstić information content (AvgIpc) is 3.04. The highest BCUT2D eigenvalue weighted by molar-refractivity contribution is 7.16. The number of ether oxygens (including phenoxy) is 1. The molecule has 1 saturated carbocycles. The van der Waals surface area contributed by atoms with Crippen LogP contribution in [-0.2, 0) is 16.1 Å². The Balaban J connectivity index is 1.74. The summed E-state index contributed by atoms with van der Waals surface area (Å²) in [6.07, 6.45) is 8.17. The number of esters is 1. The van der Waals surface area contributed by atoms with Crippen molar-refractivity contribution in [2.75, 3.05) is 0 Å². The molecule has 0 aromatic carbocycles. The lowest BCUT2D eigenvalue weighted by atomic mass is 9.90. The zero-order valence-corrected chi connectivity index (χ0v) is 14.8. The van der Waals surface area contributed by atoms with E-state index in [-0.39, 0.29) is 18.1 Å². The highest BCUT2D eigenvalue weighted by atomic mass is 32.1. The van der Waals surface area contributed by atoms with Crippen molar-refractivity contribution in [2.24, 2.45) is 0 Å². The van der Waals surface area contributed by atoms with Crippen LogP contribution >= 0.6 is 11.3 Å². The van der Waals surface area contributed by atoms with Gasteiger partial charge in [0.15, 0.2) is 0 Å². The number of hydrogen-bond donors (Lipinski definition) is 0. The van der Waals surface area contributed by atoms with Gasteiger partial charge in [-0.2, -0.15) is 9.61 Å². The molecule has 2 aromatic heterocycles. The molecule has 1 fully saturated rings. The minimum atomic E-state index is -0.244. The average molecular weight is 349 g/mol. The first kappa shape index (κ1) is 17.1. The normalized spacial score (nSPS) is 15.7. The molecule has 130 valence electrons. The first-order chi connectivity index (χ1) is 11.7. The third-order valence-corrected chi connectivity index (χ3v) is 5.45. The van der Waals surface area contributed by atoms with Crippen LogP contribution in [0.3, 0.4) is 0 Å². The molecule has 6 nitrogen and oxygen atoms in total. The van der Waals surface area contributed by atoms with Crippen LogP contribution in [0, 0.1) is 0 Å². The fraction of sp³-hybridized carbons (Fsp3) is 0.647. The summed E-state index contributed by atoms with van der Waals surface area (Å²) in [4.78, 5) is 28.9. The number of nitrogens with zero attached hydrogens (tertiary/aromatic N) is 3. The van der Waals surface area contributed by atoms with Gasteiger partial charge < -0.3 is 4.74 Å². The summed E-state index contributed by atoms with van der Waals surface area (Å²) < 4.78 is 6.56. The molecule has 0 aliphatic heterocycles. The van der Waals surface area contributed by atoms with Gasteiger partial charge in [0, 0.05) is 18.4 Å². The van der Waals surface area contributed by atoms with Crippen LogP contribution in [0.15, 0.2) is 10.9 Å². The number of fused-ring (bicyclic) bond motifs is 1. The van der Waals surface area contributed by atoms with Crippen LogP contribution < -0.4 is 5.56 Å². The first-order valence-electron chi connectivity index (χ1n) is 8.72. The molecule has 2 aromatic rings. The molecule has 24 heavy (non-hydrogen) atoms. The number of rotatable bonds is 6. The van der Waals surface area contributed by atoms with E-state index in [1.165, 1.54) is 41.2 Å². The maximum atomic E-state index is 12.2. The summed E-state index contributed by atoms with van der Waals surface area (Å²) in [5.74, 6) is 0.200. The highest BCUT2D eigenvalue weighted by Gasteiger charge is 2.20. The van der Waals surface area contributed by atoms with Crippen molar-refractivity contribution in [1.29, 1.82) is 0 Å². The molecule has 1 aliphatic carbocycles. The van der Waals surface area contributed by atoms with Crippen LogP contribution in [0.2, 0.25) is 0 Å². The lowest BCUT2D eigenvalue weighted by molar-refractivity contribution is -0.145. The molecular weight excluding hydrogens is 326 g/mol. The lowest BCUT2D eigenvalue weighted by Crippen LogP contribution is -2.17. The molecule has 0 saturated heterocycles. The third-order valence-electron chi connectivity index (χ3n) is 4.38. The largest absolute Gasteiger partial charge is 0.459 e. The molecule has 0 bridgehead atoms. The van der Waals surface area contributed by atoms with Crippen molar-refractivity contribution < 1.29 is 9.53 Å². The SMILES string of the molecule is CCCCC(=O)OCc1cc(=O)n2nc(C3CCCCC3)sc2n1. The van der Waals surface area contributed by atoms with Gasteiger partial charge in [0.25, 0.3) is 5.56 Å². The molecule has 3 rings (SSSR count). The van der Waals surface area contributed by atoms with E-state index >= 15 is 0 Å². The van der Waals surface area contributed by atoms with Crippen LogP contribution in [0.1, 0.15) is 74.9 Å². The van der Waals surface area contributed by atoms with Crippen LogP contribution in [-0.4, -0.2) is 20.6 Å². The Labute approximate surface area is 144 Å². The van der Waals surface area contributed by atoms with Gasteiger partial charge in [-0.25, -0.2) is 4.98 Å². The van der Waals surface area contributed by atoms with Gasteiger partial charge >= 0.3 is 5.97 Å². The second kappa shape index (κ2) is 7.88. The van der Waals surface area contributed by atoms with E-state index in [0.717, 1.165) is 30.7 Å². The monoisotopic (exact) mass is 349 g/mol. The van der Waals surface area contributed by atoms with E-state index in [0.29, 0.717) is 23.0 Å². The third kappa shape index (κ3) is 4.01. The van der Waals surface area contributed by atoms with Gasteiger partial charge in [0.05, 0.1) is 5.69 Å². The fourth-order valence-corrected chi connectivity index (χ4v) is 4.10. The second-order valence-corrected chi connectivity index (χ2v) is 7.31. The van der Waals surface area contributed by atoms with E-state index in [1.807, 2.05) is 6.92 Å². The van der Waals surface area contributed by atoms with E-state index in [1.54, 1.807) is 0 Å². The predicted octanol–water partition coefficient (Wildman–Crippen LogP) is 3.43. The molecule has 0 unspecified atom stereocenters. The summed E-state index contributed by atoms with van der Waals surface area (Å²) in [7, 11) is 0. The van der Waals surface area contributed by atoms with E-state index in [4.69, 9.17) is 4.74 Å². The number of aromatic nitrogens is 3. The summed E-state index contributed by atoms with van der Waals surface area (Å²) in [6.45, 7) is 2.07. The van der Waals surface area contributed by atoms with Crippen molar-refractivity contribution >= 4 is 22.3 Å². The van der Waals surface area contributed by atoms with Crippen LogP contribution in [0.4, 0.5) is 0 Å². The molecular formula is C17H23N3O3S. The Morgan fingerprint density at radius 2 is 2.17 bits per heavy atom. The molecule has 0 radical (unpaired) electrons. The van der Waals surface area contributed by atoms with Crippen molar-refractivity contribution in [1.82, 2.24) is 14.6 Å². The minimum absolute atomic E-state index is 0.0466. The Bertz CT molecular complexity index is 762. The molecule has 0 amide bonds. The molecule has 1 aliphatic rings. The lowest BCUT2D eigenvalue weighted by Gasteiger charge is -2.18. The van der Waals surface area contributed by atoms with Gasteiger partial charge in [-0.3, -0.25) is 9.59 Å². The van der Waals surface area contributed by atoms with Crippen molar-refractivity contribution in [3.05, 3.63) is 27.1 Å². The first-order valence-corrected chi connectivity index (χ1v) is 9.54. The van der Waals surface area contributed by atoms with Crippen LogP contribution in [0.5, 0.6) is 0 Å². The zero-order chi connectivity index (χ0) is 16.9. The molecule has 7 heteroatoms. The minimum Gasteiger partial charge on any atom is -0.459 e. The molecule has 0 N–H and O–H groups in total. The molecule has 0 spiro atoms. The number of carbonyl (C=O) groups is 1. The predicted molar refractivity (Wildman–Crippen MR) is 92.3 cm³/mol. The smallest absolute Gasteiger partial charge is 0.306 e. The van der Waals surface area contributed by atoms with Crippen molar-refractivity contribution in [3.8, 4) is 0 Å². The summed E-state index contributed by atoms with van der Waals surface area (Å²) >= 11 is 1.48. The quantitative estimate of drug-likeness (QED) is 0.747. The van der Waals surface area contributed by atoms with E-state index in [9.17, 15) is 9.59 Å². The Morgan fingerprint density at radius 1 is 1.38 bits per heavy atom.